The summed E-state index contributed by atoms with van der Waals surface area (Å²) in [6, 6.07) is 14.7. The molecule has 0 saturated carbocycles. The monoisotopic (exact) mass is 410 g/mol. The molecule has 0 fully saturated rings. The Morgan fingerprint density at radius 1 is 1.15 bits per heavy atom. The number of nitrogens with one attached hydrogen (secondary N) is 1. The standard InChI is InChI=1S/C19H23ClN2O4S/c1-3-18(19(23)21-13-14-26-17-7-5-4-6-8-17)22(27(2,24)25)16-11-9-15(20)10-12-16/h4-12,18H,3,13-14H2,1-2H3,(H,21,23). The first-order valence-corrected chi connectivity index (χ1v) is 10.8. The lowest BCUT2D eigenvalue weighted by atomic mass is 10.2. The van der Waals surface area contributed by atoms with E-state index in [-0.39, 0.29) is 19.1 Å². The number of sulfonamides is 1. The Kier molecular flexibility index (Phi) is 7.50. The quantitative estimate of drug-likeness (QED) is 0.644. The number of carbonyl (C=O) groups is 1. The number of ether oxygens (including phenoxy) is 1. The van der Waals surface area contributed by atoms with Crippen LogP contribution in [0.25, 0.3) is 0 Å². The molecular weight excluding hydrogens is 388 g/mol. The summed E-state index contributed by atoms with van der Waals surface area (Å²) >= 11 is 5.88. The molecule has 0 aromatic heterocycles. The van der Waals surface area contributed by atoms with Crippen molar-refractivity contribution in [3.8, 4) is 5.75 Å². The van der Waals surface area contributed by atoms with Crippen LogP contribution in [0.15, 0.2) is 54.6 Å². The zero-order valence-corrected chi connectivity index (χ0v) is 16.8. The topological polar surface area (TPSA) is 75.7 Å². The molecular formula is C19H23ClN2O4S. The minimum Gasteiger partial charge on any atom is -0.492 e. The first-order valence-electron chi connectivity index (χ1n) is 8.53. The molecule has 1 amide bonds. The molecule has 0 spiro atoms. The van der Waals surface area contributed by atoms with Crippen molar-refractivity contribution in [2.24, 2.45) is 0 Å². The molecule has 8 heteroatoms. The van der Waals surface area contributed by atoms with Gasteiger partial charge in [0, 0.05) is 5.02 Å². The van der Waals surface area contributed by atoms with Gasteiger partial charge in [0.1, 0.15) is 18.4 Å². The van der Waals surface area contributed by atoms with Crippen molar-refractivity contribution >= 4 is 33.2 Å². The summed E-state index contributed by atoms with van der Waals surface area (Å²) in [6.07, 6.45) is 1.40. The molecule has 6 nitrogen and oxygen atoms in total. The maximum Gasteiger partial charge on any atom is 0.244 e. The van der Waals surface area contributed by atoms with E-state index in [9.17, 15) is 13.2 Å². The first-order chi connectivity index (χ1) is 12.8. The third-order valence-corrected chi connectivity index (χ3v) is 5.26. The maximum atomic E-state index is 12.6. The number of amides is 1. The Balaban J connectivity index is 2.04. The summed E-state index contributed by atoms with van der Waals surface area (Å²) < 4.78 is 31.3. The van der Waals surface area contributed by atoms with Gasteiger partial charge in [-0.3, -0.25) is 9.10 Å². The van der Waals surface area contributed by atoms with Gasteiger partial charge in [0.15, 0.2) is 0 Å². The Labute approximate surface area is 165 Å². The van der Waals surface area contributed by atoms with Crippen LogP contribution in [0, 0.1) is 0 Å². The number of anilines is 1. The largest absolute Gasteiger partial charge is 0.492 e. The van der Waals surface area contributed by atoms with Crippen molar-refractivity contribution in [3.05, 3.63) is 59.6 Å². The van der Waals surface area contributed by atoms with Gasteiger partial charge in [0.25, 0.3) is 0 Å². The summed E-state index contributed by atoms with van der Waals surface area (Å²) in [6.45, 7) is 2.31. The SMILES string of the molecule is CCC(C(=O)NCCOc1ccccc1)N(c1ccc(Cl)cc1)S(C)(=O)=O. The van der Waals surface area contributed by atoms with Crippen LogP contribution in [0.2, 0.25) is 5.02 Å². The number of nitrogens with zero attached hydrogens (tertiary/aromatic N) is 1. The molecule has 2 rings (SSSR count). The minimum absolute atomic E-state index is 0.266. The van der Waals surface area contributed by atoms with Crippen molar-refractivity contribution in [3.63, 3.8) is 0 Å². The van der Waals surface area contributed by atoms with E-state index in [1.165, 1.54) is 0 Å². The minimum atomic E-state index is -3.66. The van der Waals surface area contributed by atoms with E-state index in [2.05, 4.69) is 5.32 Å². The van der Waals surface area contributed by atoms with Crippen LogP contribution in [-0.4, -0.2) is 39.8 Å². The number of halogens is 1. The zero-order chi connectivity index (χ0) is 19.9. The highest BCUT2D eigenvalue weighted by Gasteiger charge is 2.31. The second-order valence-electron chi connectivity index (χ2n) is 5.91. The fourth-order valence-corrected chi connectivity index (χ4v) is 3.96. The lowest BCUT2D eigenvalue weighted by molar-refractivity contribution is -0.122. The van der Waals surface area contributed by atoms with Crippen LogP contribution in [-0.2, 0) is 14.8 Å². The second-order valence-corrected chi connectivity index (χ2v) is 8.21. The normalized spacial score (nSPS) is 12.3. The van der Waals surface area contributed by atoms with Gasteiger partial charge in [-0.1, -0.05) is 36.7 Å². The van der Waals surface area contributed by atoms with Crippen molar-refractivity contribution in [2.75, 3.05) is 23.7 Å². The van der Waals surface area contributed by atoms with Crippen molar-refractivity contribution in [1.82, 2.24) is 5.32 Å². The third kappa shape index (κ3) is 6.15. The average Bonchev–Trinajstić information content (AvgIpc) is 2.64. The fraction of sp³-hybridized carbons (Fsp3) is 0.316. The molecule has 0 aliphatic rings. The molecule has 0 aliphatic heterocycles. The van der Waals surface area contributed by atoms with Crippen LogP contribution in [0.1, 0.15) is 13.3 Å². The Hall–Kier alpha value is -2.25. The van der Waals surface area contributed by atoms with Crippen molar-refractivity contribution in [1.29, 1.82) is 0 Å². The molecule has 27 heavy (non-hydrogen) atoms. The van der Waals surface area contributed by atoms with Crippen molar-refractivity contribution in [2.45, 2.75) is 19.4 Å². The number of hydrogen-bond donors (Lipinski definition) is 1. The molecule has 146 valence electrons. The summed E-state index contributed by atoms with van der Waals surface area (Å²) in [4.78, 5) is 12.6. The summed E-state index contributed by atoms with van der Waals surface area (Å²) in [5.41, 5.74) is 0.393. The second kappa shape index (κ2) is 9.62. The maximum absolute atomic E-state index is 12.6. The first kappa shape index (κ1) is 21.1. The van der Waals surface area contributed by atoms with E-state index in [0.717, 1.165) is 10.6 Å². The van der Waals surface area contributed by atoms with Crippen LogP contribution >= 0.6 is 11.6 Å². The van der Waals surface area contributed by atoms with Gasteiger partial charge >= 0.3 is 0 Å². The highest BCUT2D eigenvalue weighted by molar-refractivity contribution is 7.92. The molecule has 0 bridgehead atoms. The fourth-order valence-electron chi connectivity index (χ4n) is 2.63. The molecule has 2 aromatic carbocycles. The molecule has 1 unspecified atom stereocenters. The molecule has 0 heterocycles. The van der Waals surface area contributed by atoms with E-state index >= 15 is 0 Å². The molecule has 0 saturated heterocycles. The molecule has 0 aliphatic carbocycles. The van der Waals surface area contributed by atoms with Crippen molar-refractivity contribution < 1.29 is 17.9 Å². The lowest BCUT2D eigenvalue weighted by Crippen LogP contribution is -2.50. The van der Waals surface area contributed by atoms with Crippen LogP contribution in [0.5, 0.6) is 5.75 Å². The van der Waals surface area contributed by atoms with E-state index in [1.54, 1.807) is 31.2 Å². The lowest BCUT2D eigenvalue weighted by Gasteiger charge is -2.30. The predicted octanol–water partition coefficient (Wildman–Crippen LogP) is 3.08. The van der Waals surface area contributed by atoms with Crippen LogP contribution < -0.4 is 14.4 Å². The van der Waals surface area contributed by atoms with Gasteiger partial charge in [-0.2, -0.15) is 0 Å². The molecule has 1 atom stereocenters. The number of benzene rings is 2. The summed E-state index contributed by atoms with van der Waals surface area (Å²) in [5, 5.41) is 3.23. The van der Waals surface area contributed by atoms with Gasteiger partial charge in [0.05, 0.1) is 18.5 Å². The highest BCUT2D eigenvalue weighted by Crippen LogP contribution is 2.24. The number of para-hydroxylation sites is 1. The molecule has 2 aromatic rings. The number of rotatable bonds is 9. The van der Waals surface area contributed by atoms with E-state index < -0.39 is 16.1 Å². The van der Waals surface area contributed by atoms with Gasteiger partial charge in [-0.05, 0) is 42.8 Å². The van der Waals surface area contributed by atoms with Gasteiger partial charge in [-0.25, -0.2) is 8.42 Å². The zero-order valence-electron chi connectivity index (χ0n) is 15.3. The van der Waals surface area contributed by atoms with Gasteiger partial charge < -0.3 is 10.1 Å². The Morgan fingerprint density at radius 2 is 1.78 bits per heavy atom. The number of hydrogen-bond acceptors (Lipinski definition) is 4. The third-order valence-electron chi connectivity index (χ3n) is 3.82. The number of carbonyl (C=O) groups excluding carboxylic acids is 1. The smallest absolute Gasteiger partial charge is 0.244 e. The predicted molar refractivity (Wildman–Crippen MR) is 108 cm³/mol. The molecule has 0 radical (unpaired) electrons. The molecule has 1 N–H and O–H groups in total. The van der Waals surface area contributed by atoms with Crippen LogP contribution in [0.4, 0.5) is 5.69 Å². The Bertz CT molecular complexity index is 842. The average molecular weight is 411 g/mol. The van der Waals surface area contributed by atoms with E-state index in [4.69, 9.17) is 16.3 Å². The Morgan fingerprint density at radius 3 is 2.33 bits per heavy atom. The summed E-state index contributed by atoms with van der Waals surface area (Å²) in [7, 11) is -3.66. The van der Waals surface area contributed by atoms with E-state index in [0.29, 0.717) is 22.9 Å². The van der Waals surface area contributed by atoms with Crippen LogP contribution in [0.3, 0.4) is 0 Å². The van der Waals surface area contributed by atoms with E-state index in [1.807, 2.05) is 30.3 Å². The van der Waals surface area contributed by atoms with Gasteiger partial charge in [-0.15, -0.1) is 0 Å². The highest BCUT2D eigenvalue weighted by atomic mass is 35.5. The summed E-state index contributed by atoms with van der Waals surface area (Å²) in [5.74, 6) is 0.326. The van der Waals surface area contributed by atoms with Gasteiger partial charge in [0.2, 0.25) is 15.9 Å².